The Bertz CT molecular complexity index is 572. The van der Waals surface area contributed by atoms with E-state index in [-0.39, 0.29) is 5.91 Å². The number of anilines is 1. The number of nitrogens with one attached hydrogen (secondary N) is 1. The van der Waals surface area contributed by atoms with E-state index in [0.29, 0.717) is 5.92 Å². The molecular formula is C19H29N5O. The van der Waals surface area contributed by atoms with Crippen LogP contribution in [0.1, 0.15) is 32.1 Å². The Morgan fingerprint density at radius 1 is 1.12 bits per heavy atom. The van der Waals surface area contributed by atoms with Crippen molar-refractivity contribution in [2.45, 2.75) is 32.1 Å². The van der Waals surface area contributed by atoms with Gasteiger partial charge in [-0.1, -0.05) is 6.42 Å². The molecule has 4 rings (SSSR count). The number of fused-ring (bicyclic) bond motifs is 2. The minimum atomic E-state index is 0.258. The van der Waals surface area contributed by atoms with E-state index in [2.05, 4.69) is 25.1 Å². The first-order valence-corrected chi connectivity index (χ1v) is 9.79. The lowest BCUT2D eigenvalue weighted by molar-refractivity contribution is -0.122. The van der Waals surface area contributed by atoms with Gasteiger partial charge >= 0.3 is 0 Å². The summed E-state index contributed by atoms with van der Waals surface area (Å²) in [7, 11) is 0. The highest BCUT2D eigenvalue weighted by Crippen LogP contribution is 2.49. The van der Waals surface area contributed by atoms with Gasteiger partial charge in [0.15, 0.2) is 0 Å². The highest BCUT2D eigenvalue weighted by atomic mass is 16.1. The lowest BCUT2D eigenvalue weighted by Crippen LogP contribution is -2.49. The minimum Gasteiger partial charge on any atom is -0.355 e. The largest absolute Gasteiger partial charge is 0.355 e. The lowest BCUT2D eigenvalue weighted by Gasteiger charge is -2.34. The fraction of sp³-hybridized carbons (Fsp3) is 0.737. The van der Waals surface area contributed by atoms with Gasteiger partial charge in [0, 0.05) is 58.1 Å². The molecule has 1 saturated heterocycles. The van der Waals surface area contributed by atoms with Crippen LogP contribution in [0.2, 0.25) is 0 Å². The van der Waals surface area contributed by atoms with E-state index in [4.69, 9.17) is 0 Å². The number of hydrogen-bond donors (Lipinski definition) is 1. The number of piperazine rings is 1. The van der Waals surface area contributed by atoms with Crippen LogP contribution in [0.25, 0.3) is 0 Å². The van der Waals surface area contributed by atoms with E-state index < -0.39 is 0 Å². The predicted molar refractivity (Wildman–Crippen MR) is 97.2 cm³/mol. The van der Waals surface area contributed by atoms with Gasteiger partial charge < -0.3 is 10.2 Å². The number of aromatic nitrogens is 2. The molecule has 136 valence electrons. The minimum absolute atomic E-state index is 0.258. The number of carbonyl (C=O) groups is 1. The van der Waals surface area contributed by atoms with E-state index in [1.807, 2.05) is 6.07 Å². The molecule has 0 unspecified atom stereocenters. The van der Waals surface area contributed by atoms with Gasteiger partial charge in [0.1, 0.15) is 0 Å². The third kappa shape index (κ3) is 4.11. The zero-order valence-electron chi connectivity index (χ0n) is 14.9. The summed E-state index contributed by atoms with van der Waals surface area (Å²) in [5.74, 6) is 3.50. The third-order valence-electron chi connectivity index (χ3n) is 6.29. The molecule has 0 aromatic carbocycles. The molecule has 3 aliphatic rings. The van der Waals surface area contributed by atoms with Gasteiger partial charge in [-0.15, -0.1) is 0 Å². The van der Waals surface area contributed by atoms with Gasteiger partial charge in [0.25, 0.3) is 0 Å². The van der Waals surface area contributed by atoms with Crippen LogP contribution in [0.15, 0.2) is 18.5 Å². The first kappa shape index (κ1) is 16.8. The molecule has 2 aliphatic carbocycles. The smallest absolute Gasteiger partial charge is 0.225 e. The molecule has 1 N–H and O–H groups in total. The predicted octanol–water partition coefficient (Wildman–Crippen LogP) is 1.54. The zero-order chi connectivity index (χ0) is 17.1. The molecule has 3 atom stereocenters. The Morgan fingerprint density at radius 3 is 2.60 bits per heavy atom. The number of hydrogen-bond acceptors (Lipinski definition) is 5. The zero-order valence-corrected chi connectivity index (χ0v) is 14.9. The van der Waals surface area contributed by atoms with Crippen molar-refractivity contribution < 1.29 is 4.79 Å². The van der Waals surface area contributed by atoms with Crippen LogP contribution in [0.4, 0.5) is 5.95 Å². The van der Waals surface area contributed by atoms with E-state index in [1.54, 1.807) is 12.4 Å². The summed E-state index contributed by atoms with van der Waals surface area (Å²) < 4.78 is 0. The van der Waals surface area contributed by atoms with Crippen molar-refractivity contribution in [3.63, 3.8) is 0 Å². The second-order valence-electron chi connectivity index (χ2n) is 7.87. The molecule has 2 bridgehead atoms. The van der Waals surface area contributed by atoms with Crippen molar-refractivity contribution in [2.75, 3.05) is 44.2 Å². The second-order valence-corrected chi connectivity index (χ2v) is 7.87. The van der Waals surface area contributed by atoms with E-state index in [1.165, 1.54) is 25.7 Å². The number of amides is 1. The fourth-order valence-corrected chi connectivity index (χ4v) is 4.92. The van der Waals surface area contributed by atoms with E-state index in [0.717, 1.165) is 63.5 Å². The SMILES string of the molecule is O=C(C[C@H]1C[C@H]2CC[C@H]1C2)NCCN1CCN(c2ncccn2)CC1. The standard InChI is InChI=1S/C19H29N5O/c25-18(14-17-13-15-2-3-16(17)12-15)20-6-7-23-8-10-24(11-9-23)19-21-4-1-5-22-19/h1,4-5,15-17H,2-3,6-14H2,(H,20,25)/t15-,16-,17+/m0/s1. The third-order valence-corrected chi connectivity index (χ3v) is 6.29. The monoisotopic (exact) mass is 343 g/mol. The van der Waals surface area contributed by atoms with Crippen molar-refractivity contribution in [1.82, 2.24) is 20.2 Å². The summed E-state index contributed by atoms with van der Waals surface area (Å²) >= 11 is 0. The molecule has 1 aromatic rings. The summed E-state index contributed by atoms with van der Waals surface area (Å²) in [5.41, 5.74) is 0. The van der Waals surface area contributed by atoms with E-state index in [9.17, 15) is 4.79 Å². The summed E-state index contributed by atoms with van der Waals surface area (Å²) in [4.78, 5) is 25.5. The lowest BCUT2D eigenvalue weighted by atomic mass is 9.86. The summed E-state index contributed by atoms with van der Waals surface area (Å²) in [6, 6.07) is 1.85. The van der Waals surface area contributed by atoms with Gasteiger partial charge in [-0.25, -0.2) is 9.97 Å². The van der Waals surface area contributed by atoms with E-state index >= 15 is 0 Å². The maximum Gasteiger partial charge on any atom is 0.225 e. The van der Waals surface area contributed by atoms with Gasteiger partial charge in [-0.3, -0.25) is 9.69 Å². The highest BCUT2D eigenvalue weighted by molar-refractivity contribution is 5.76. The fourth-order valence-electron chi connectivity index (χ4n) is 4.92. The topological polar surface area (TPSA) is 61.4 Å². The molecule has 25 heavy (non-hydrogen) atoms. The molecule has 1 aromatic heterocycles. The molecule has 2 saturated carbocycles. The Labute approximate surface area is 150 Å². The summed E-state index contributed by atoms with van der Waals surface area (Å²) in [6.07, 6.45) is 9.77. The Kier molecular flexibility index (Phi) is 5.15. The normalized spacial score (nSPS) is 29.1. The first-order valence-electron chi connectivity index (χ1n) is 9.79. The molecule has 0 spiro atoms. The van der Waals surface area contributed by atoms with Gasteiger partial charge in [0.05, 0.1) is 0 Å². The maximum absolute atomic E-state index is 12.2. The van der Waals surface area contributed by atoms with Crippen molar-refractivity contribution >= 4 is 11.9 Å². The quantitative estimate of drug-likeness (QED) is 0.849. The molecule has 3 fully saturated rings. The number of rotatable bonds is 6. The Hall–Kier alpha value is -1.69. The van der Waals surface area contributed by atoms with Crippen molar-refractivity contribution in [3.05, 3.63) is 18.5 Å². The summed E-state index contributed by atoms with van der Waals surface area (Å²) in [5, 5.41) is 3.14. The molecule has 0 radical (unpaired) electrons. The van der Waals surface area contributed by atoms with Crippen LogP contribution >= 0.6 is 0 Å². The van der Waals surface area contributed by atoms with Crippen LogP contribution in [0, 0.1) is 17.8 Å². The van der Waals surface area contributed by atoms with Crippen LogP contribution < -0.4 is 10.2 Å². The van der Waals surface area contributed by atoms with Crippen LogP contribution in [0.3, 0.4) is 0 Å². The maximum atomic E-state index is 12.2. The molecule has 6 heteroatoms. The van der Waals surface area contributed by atoms with Crippen molar-refractivity contribution in [2.24, 2.45) is 17.8 Å². The van der Waals surface area contributed by atoms with Gasteiger partial charge in [-0.05, 0) is 43.1 Å². The molecular weight excluding hydrogens is 314 g/mol. The number of carbonyl (C=O) groups excluding carboxylic acids is 1. The molecule has 1 amide bonds. The molecule has 1 aliphatic heterocycles. The summed E-state index contributed by atoms with van der Waals surface area (Å²) in [6.45, 7) is 5.60. The Morgan fingerprint density at radius 2 is 1.92 bits per heavy atom. The Balaban J connectivity index is 1.12. The van der Waals surface area contributed by atoms with Crippen molar-refractivity contribution in [1.29, 1.82) is 0 Å². The molecule has 2 heterocycles. The average molecular weight is 343 g/mol. The van der Waals surface area contributed by atoms with Crippen LogP contribution in [0.5, 0.6) is 0 Å². The first-order chi connectivity index (χ1) is 12.3. The second kappa shape index (κ2) is 7.68. The van der Waals surface area contributed by atoms with Gasteiger partial charge in [-0.2, -0.15) is 0 Å². The molecule has 6 nitrogen and oxygen atoms in total. The van der Waals surface area contributed by atoms with Crippen molar-refractivity contribution in [3.8, 4) is 0 Å². The average Bonchev–Trinajstić information content (AvgIpc) is 3.26. The van der Waals surface area contributed by atoms with Gasteiger partial charge in [0.2, 0.25) is 11.9 Å². The van der Waals surface area contributed by atoms with Crippen LogP contribution in [-0.2, 0) is 4.79 Å². The number of nitrogens with zero attached hydrogens (tertiary/aromatic N) is 4. The van der Waals surface area contributed by atoms with Crippen LogP contribution in [-0.4, -0.2) is 60.0 Å². The highest BCUT2D eigenvalue weighted by Gasteiger charge is 2.40.